The monoisotopic (exact) mass is 286 g/mol. The quantitative estimate of drug-likeness (QED) is 0.562. The predicted molar refractivity (Wildman–Crippen MR) is 70.9 cm³/mol. The first-order chi connectivity index (χ1) is 9.02. The molecular weight excluding hydrogens is 268 g/mol. The van der Waals surface area contributed by atoms with Gasteiger partial charge in [-0.05, 0) is 25.7 Å². The van der Waals surface area contributed by atoms with Gasteiger partial charge in [0.1, 0.15) is 5.54 Å². The second kappa shape index (κ2) is 5.38. The minimum Gasteiger partial charge on any atom is -0.468 e. The average molecular weight is 286 g/mol. The van der Waals surface area contributed by atoms with Gasteiger partial charge < -0.3 is 10.5 Å². The highest BCUT2D eigenvalue weighted by molar-refractivity contribution is 7.99. The van der Waals surface area contributed by atoms with Crippen LogP contribution in [-0.4, -0.2) is 39.1 Å². The lowest BCUT2D eigenvalue weighted by atomic mass is 9.97. The summed E-state index contributed by atoms with van der Waals surface area (Å²) in [5.74, 6) is 0.117. The number of carbonyl (C=O) groups excluding carboxylic acids is 1. The van der Waals surface area contributed by atoms with Crippen molar-refractivity contribution in [1.82, 2.24) is 14.8 Å². The van der Waals surface area contributed by atoms with Crippen molar-refractivity contribution in [3.63, 3.8) is 0 Å². The van der Waals surface area contributed by atoms with Gasteiger partial charge in [-0.25, -0.2) is 9.89 Å². The van der Waals surface area contributed by atoms with Gasteiger partial charge in [0.25, 0.3) is 0 Å². The summed E-state index contributed by atoms with van der Waals surface area (Å²) in [7, 11) is 1.34. The van der Waals surface area contributed by atoms with Crippen molar-refractivity contribution >= 4 is 17.7 Å². The van der Waals surface area contributed by atoms with Crippen LogP contribution >= 0.6 is 11.8 Å². The van der Waals surface area contributed by atoms with Crippen molar-refractivity contribution in [2.24, 2.45) is 11.7 Å². The van der Waals surface area contributed by atoms with E-state index in [9.17, 15) is 9.59 Å². The Labute approximate surface area is 114 Å². The second-order valence-electron chi connectivity index (χ2n) is 4.65. The normalized spacial score (nSPS) is 18.1. The van der Waals surface area contributed by atoms with E-state index < -0.39 is 11.5 Å². The number of hydrogen-bond acceptors (Lipinski definition) is 6. The lowest BCUT2D eigenvalue weighted by Crippen LogP contribution is -2.53. The van der Waals surface area contributed by atoms with E-state index in [2.05, 4.69) is 10.2 Å². The maximum absolute atomic E-state index is 11.8. The molecule has 2 rings (SSSR count). The summed E-state index contributed by atoms with van der Waals surface area (Å²) in [6, 6.07) is 0. The van der Waals surface area contributed by atoms with Crippen LogP contribution in [0.5, 0.6) is 0 Å². The van der Waals surface area contributed by atoms with Gasteiger partial charge in [0.15, 0.2) is 5.16 Å². The van der Waals surface area contributed by atoms with Gasteiger partial charge in [0.05, 0.1) is 7.11 Å². The number of H-pyrrole nitrogens is 1. The van der Waals surface area contributed by atoms with E-state index in [1.54, 1.807) is 0 Å². The molecule has 0 aliphatic heterocycles. The molecule has 7 nitrogen and oxygen atoms in total. The number of rotatable bonds is 6. The van der Waals surface area contributed by atoms with E-state index in [0.717, 1.165) is 12.8 Å². The third kappa shape index (κ3) is 2.69. The Kier molecular flexibility index (Phi) is 4.00. The molecule has 3 N–H and O–H groups in total. The van der Waals surface area contributed by atoms with Crippen molar-refractivity contribution < 1.29 is 9.53 Å². The fourth-order valence-electron chi connectivity index (χ4n) is 2.01. The average Bonchev–Trinajstić information content (AvgIpc) is 3.20. The Bertz CT molecular complexity index is 522. The minimum absolute atomic E-state index is 0.160. The van der Waals surface area contributed by atoms with E-state index in [1.165, 1.54) is 23.4 Å². The number of nitrogens with zero attached hydrogens (tertiary/aromatic N) is 2. The summed E-state index contributed by atoms with van der Waals surface area (Å²) in [5, 5.41) is 6.88. The highest BCUT2D eigenvalue weighted by Crippen LogP contribution is 2.41. The molecule has 0 spiro atoms. The van der Waals surface area contributed by atoms with Gasteiger partial charge in [-0.15, -0.1) is 5.10 Å². The van der Waals surface area contributed by atoms with Gasteiger partial charge >= 0.3 is 11.7 Å². The Morgan fingerprint density at radius 1 is 1.68 bits per heavy atom. The Hall–Kier alpha value is -1.28. The molecule has 1 unspecified atom stereocenters. The predicted octanol–water partition coefficient (Wildman–Crippen LogP) is -0.0361. The fraction of sp³-hybridized carbons (Fsp3) is 0.727. The third-order valence-electron chi connectivity index (χ3n) is 3.35. The molecule has 1 saturated carbocycles. The molecule has 19 heavy (non-hydrogen) atoms. The number of ether oxygens (including phenoxy) is 1. The van der Waals surface area contributed by atoms with Crippen molar-refractivity contribution in [1.29, 1.82) is 0 Å². The molecule has 0 saturated heterocycles. The Morgan fingerprint density at radius 3 is 2.89 bits per heavy atom. The van der Waals surface area contributed by atoms with Crippen LogP contribution in [0.15, 0.2) is 9.95 Å². The summed E-state index contributed by atoms with van der Waals surface area (Å²) in [5.41, 5.74) is 4.94. The van der Waals surface area contributed by atoms with Gasteiger partial charge in [0.2, 0.25) is 0 Å². The van der Waals surface area contributed by atoms with Crippen molar-refractivity contribution in [3.8, 4) is 0 Å². The number of esters is 1. The van der Waals surface area contributed by atoms with Gasteiger partial charge in [-0.1, -0.05) is 11.8 Å². The zero-order valence-electron chi connectivity index (χ0n) is 11.0. The molecule has 1 fully saturated rings. The molecule has 1 aliphatic carbocycles. The first kappa shape index (κ1) is 14.1. The standard InChI is InChI=1S/C11H18N4O3S/c1-3-15-9(17)13-14-10(15)19-6-11(12,7-4-5-7)8(16)18-2/h7H,3-6,12H2,1-2H3,(H,13,17). The molecule has 0 radical (unpaired) electrons. The number of aromatic nitrogens is 3. The molecule has 8 heteroatoms. The minimum atomic E-state index is -0.993. The van der Waals surface area contributed by atoms with Crippen LogP contribution in [0.2, 0.25) is 0 Å². The van der Waals surface area contributed by atoms with E-state index in [1.807, 2.05) is 6.92 Å². The molecule has 0 amide bonds. The molecule has 106 valence electrons. The first-order valence-electron chi connectivity index (χ1n) is 6.18. The van der Waals surface area contributed by atoms with Crippen molar-refractivity contribution in [3.05, 3.63) is 10.5 Å². The Balaban J connectivity index is 2.11. The van der Waals surface area contributed by atoms with E-state index in [4.69, 9.17) is 10.5 Å². The summed E-state index contributed by atoms with van der Waals surface area (Å²) in [6.45, 7) is 2.38. The highest BCUT2D eigenvalue weighted by Gasteiger charge is 2.49. The highest BCUT2D eigenvalue weighted by atomic mass is 32.2. The zero-order valence-corrected chi connectivity index (χ0v) is 11.8. The smallest absolute Gasteiger partial charge is 0.343 e. The molecule has 0 aromatic carbocycles. The topological polar surface area (TPSA) is 103 Å². The summed E-state index contributed by atoms with van der Waals surface area (Å²) in [6.07, 6.45) is 1.88. The van der Waals surface area contributed by atoms with Crippen LogP contribution in [0, 0.1) is 5.92 Å². The molecular formula is C11H18N4O3S. The van der Waals surface area contributed by atoms with Gasteiger partial charge in [-0.3, -0.25) is 9.36 Å². The third-order valence-corrected chi connectivity index (χ3v) is 4.54. The largest absolute Gasteiger partial charge is 0.468 e. The Morgan fingerprint density at radius 2 is 2.37 bits per heavy atom. The van der Waals surface area contributed by atoms with Crippen LogP contribution in [0.1, 0.15) is 19.8 Å². The summed E-state index contributed by atoms with van der Waals surface area (Å²) < 4.78 is 6.30. The van der Waals surface area contributed by atoms with Gasteiger partial charge in [0, 0.05) is 12.3 Å². The van der Waals surface area contributed by atoms with Crippen LogP contribution in [-0.2, 0) is 16.1 Å². The molecule has 0 bridgehead atoms. The lowest BCUT2D eigenvalue weighted by molar-refractivity contribution is -0.146. The van der Waals surface area contributed by atoms with Gasteiger partial charge in [-0.2, -0.15) is 0 Å². The number of hydrogen-bond donors (Lipinski definition) is 2. The maximum atomic E-state index is 11.8. The maximum Gasteiger partial charge on any atom is 0.343 e. The van der Waals surface area contributed by atoms with Crippen LogP contribution in [0.3, 0.4) is 0 Å². The SMILES string of the molecule is CCn1c(SCC(N)(C(=O)OC)C2CC2)n[nH]c1=O. The van der Waals surface area contributed by atoms with E-state index in [0.29, 0.717) is 17.5 Å². The second-order valence-corrected chi connectivity index (χ2v) is 5.59. The van der Waals surface area contributed by atoms with Crippen LogP contribution < -0.4 is 11.4 Å². The molecule has 1 aromatic rings. The number of thioether (sulfide) groups is 1. The number of methoxy groups -OCH3 is 1. The first-order valence-corrected chi connectivity index (χ1v) is 7.16. The van der Waals surface area contributed by atoms with Crippen LogP contribution in [0.25, 0.3) is 0 Å². The van der Waals surface area contributed by atoms with E-state index in [-0.39, 0.29) is 11.6 Å². The zero-order chi connectivity index (χ0) is 14.0. The summed E-state index contributed by atoms with van der Waals surface area (Å²) >= 11 is 1.31. The lowest BCUT2D eigenvalue weighted by Gasteiger charge is -2.25. The number of aromatic amines is 1. The van der Waals surface area contributed by atoms with Crippen molar-refractivity contribution in [2.75, 3.05) is 12.9 Å². The fourth-order valence-corrected chi connectivity index (χ4v) is 3.21. The van der Waals surface area contributed by atoms with Crippen LogP contribution in [0.4, 0.5) is 0 Å². The summed E-state index contributed by atoms with van der Waals surface area (Å²) in [4.78, 5) is 23.3. The number of nitrogens with two attached hydrogens (primary N) is 1. The molecule has 1 heterocycles. The molecule has 1 aromatic heterocycles. The molecule has 1 aliphatic rings. The molecule has 1 atom stereocenters. The number of nitrogens with one attached hydrogen (secondary N) is 1. The van der Waals surface area contributed by atoms with Crippen molar-refractivity contribution in [2.45, 2.75) is 37.0 Å². The van der Waals surface area contributed by atoms with E-state index >= 15 is 0 Å². The number of carbonyl (C=O) groups is 1.